The summed E-state index contributed by atoms with van der Waals surface area (Å²) < 4.78 is 17.4. The summed E-state index contributed by atoms with van der Waals surface area (Å²) in [5, 5.41) is 7.27. The van der Waals surface area contributed by atoms with Crippen molar-refractivity contribution in [3.63, 3.8) is 0 Å². The first-order chi connectivity index (χ1) is 10.3. The molecule has 1 aliphatic rings. The minimum Gasteiger partial charge on any atom is -0.486 e. The molecule has 0 amide bonds. The Morgan fingerprint density at radius 3 is 3.10 bits per heavy atom. The lowest BCUT2D eigenvalue weighted by molar-refractivity contribution is 0.230. The molecule has 1 fully saturated rings. The lowest BCUT2D eigenvalue weighted by Crippen LogP contribution is -2.28. The molecule has 0 saturated carbocycles. The summed E-state index contributed by atoms with van der Waals surface area (Å²) in [5.74, 6) is 1.93. The third-order valence-corrected chi connectivity index (χ3v) is 3.80. The molecule has 0 aliphatic carbocycles. The molecule has 2 heterocycles. The van der Waals surface area contributed by atoms with Gasteiger partial charge in [0.05, 0.1) is 0 Å². The van der Waals surface area contributed by atoms with Crippen molar-refractivity contribution >= 4 is 15.9 Å². The average Bonchev–Trinajstić information content (AvgIpc) is 3.15. The molecule has 0 spiro atoms. The number of benzene rings is 1. The predicted octanol–water partition coefficient (Wildman–Crippen LogP) is 3.15. The Bertz CT molecular complexity index is 582. The van der Waals surface area contributed by atoms with E-state index >= 15 is 0 Å². The molecule has 2 aromatic rings. The van der Waals surface area contributed by atoms with E-state index in [4.69, 9.17) is 14.0 Å². The first-order valence-electron chi connectivity index (χ1n) is 7.00. The Balaban J connectivity index is 1.48. The SMILES string of the molecule is Brc1cccc(OCc2cc(OC[C@@H]3CCCN3)no2)c1. The Morgan fingerprint density at radius 1 is 1.33 bits per heavy atom. The lowest BCUT2D eigenvalue weighted by Gasteiger charge is -2.08. The van der Waals surface area contributed by atoms with Crippen LogP contribution < -0.4 is 14.8 Å². The summed E-state index contributed by atoms with van der Waals surface area (Å²) in [6.45, 7) is 2.02. The van der Waals surface area contributed by atoms with E-state index in [1.807, 2.05) is 24.3 Å². The highest BCUT2D eigenvalue weighted by atomic mass is 79.9. The van der Waals surface area contributed by atoms with Crippen molar-refractivity contribution in [1.29, 1.82) is 0 Å². The van der Waals surface area contributed by atoms with Gasteiger partial charge >= 0.3 is 0 Å². The van der Waals surface area contributed by atoms with E-state index in [9.17, 15) is 0 Å². The number of hydrogen-bond donors (Lipinski definition) is 1. The lowest BCUT2D eigenvalue weighted by atomic mass is 10.2. The highest BCUT2D eigenvalue weighted by Gasteiger charge is 2.15. The fraction of sp³-hybridized carbons (Fsp3) is 0.400. The Hall–Kier alpha value is -1.53. The summed E-state index contributed by atoms with van der Waals surface area (Å²) in [6.07, 6.45) is 2.36. The van der Waals surface area contributed by atoms with Gasteiger partial charge in [-0.3, -0.25) is 0 Å². The summed E-state index contributed by atoms with van der Waals surface area (Å²) in [7, 11) is 0. The number of nitrogens with one attached hydrogen (secondary N) is 1. The standard InChI is InChI=1S/C15H17BrN2O3/c16-11-3-1-5-13(7-11)19-10-14-8-15(18-21-14)20-9-12-4-2-6-17-12/h1,3,5,7-8,12,17H,2,4,6,9-10H2/t12-/m0/s1. The molecule has 6 heteroatoms. The first-order valence-corrected chi connectivity index (χ1v) is 7.79. The smallest absolute Gasteiger partial charge is 0.254 e. The van der Waals surface area contributed by atoms with Gasteiger partial charge in [0, 0.05) is 16.6 Å². The number of nitrogens with zero attached hydrogens (tertiary/aromatic N) is 1. The Labute approximate surface area is 131 Å². The van der Waals surface area contributed by atoms with Gasteiger partial charge < -0.3 is 19.3 Å². The summed E-state index contributed by atoms with van der Waals surface area (Å²) in [6, 6.07) is 9.85. The maximum absolute atomic E-state index is 5.63. The van der Waals surface area contributed by atoms with E-state index in [2.05, 4.69) is 26.4 Å². The van der Waals surface area contributed by atoms with Gasteiger partial charge in [-0.1, -0.05) is 22.0 Å². The number of aromatic nitrogens is 1. The second-order valence-electron chi connectivity index (χ2n) is 4.98. The first kappa shape index (κ1) is 14.4. The van der Waals surface area contributed by atoms with E-state index in [1.54, 1.807) is 6.07 Å². The fourth-order valence-electron chi connectivity index (χ4n) is 2.23. The van der Waals surface area contributed by atoms with Crippen molar-refractivity contribution in [2.45, 2.75) is 25.5 Å². The van der Waals surface area contributed by atoms with Crippen LogP contribution in [0, 0.1) is 0 Å². The van der Waals surface area contributed by atoms with Gasteiger partial charge in [-0.25, -0.2) is 0 Å². The zero-order chi connectivity index (χ0) is 14.5. The van der Waals surface area contributed by atoms with Crippen LogP contribution in [0.4, 0.5) is 0 Å². The van der Waals surface area contributed by atoms with Gasteiger partial charge in [0.25, 0.3) is 5.88 Å². The van der Waals surface area contributed by atoms with E-state index in [0.29, 0.717) is 30.9 Å². The van der Waals surface area contributed by atoms with Gasteiger partial charge in [0.2, 0.25) is 0 Å². The molecule has 1 aromatic heterocycles. The van der Waals surface area contributed by atoms with Crippen molar-refractivity contribution in [1.82, 2.24) is 10.5 Å². The minimum atomic E-state index is 0.328. The van der Waals surface area contributed by atoms with Crippen LogP contribution in [0.15, 0.2) is 39.3 Å². The molecule has 1 saturated heterocycles. The van der Waals surface area contributed by atoms with Crippen LogP contribution in [0.25, 0.3) is 0 Å². The van der Waals surface area contributed by atoms with E-state index in [1.165, 1.54) is 6.42 Å². The minimum absolute atomic E-state index is 0.328. The van der Waals surface area contributed by atoms with Gasteiger partial charge in [0.15, 0.2) is 5.76 Å². The van der Waals surface area contributed by atoms with Crippen molar-refractivity contribution in [2.75, 3.05) is 13.2 Å². The Kier molecular flexibility index (Phi) is 4.77. The van der Waals surface area contributed by atoms with Gasteiger partial charge in [-0.05, 0) is 42.7 Å². The molecule has 0 radical (unpaired) electrons. The zero-order valence-electron chi connectivity index (χ0n) is 11.5. The second kappa shape index (κ2) is 6.95. The van der Waals surface area contributed by atoms with Crippen LogP contribution in [-0.4, -0.2) is 24.4 Å². The molecule has 21 heavy (non-hydrogen) atoms. The third-order valence-electron chi connectivity index (χ3n) is 3.31. The number of hydrogen-bond acceptors (Lipinski definition) is 5. The van der Waals surface area contributed by atoms with Crippen molar-refractivity contribution in [3.8, 4) is 11.6 Å². The monoisotopic (exact) mass is 352 g/mol. The van der Waals surface area contributed by atoms with Crippen LogP contribution >= 0.6 is 15.9 Å². The molecular formula is C15H17BrN2O3. The molecule has 112 valence electrons. The quantitative estimate of drug-likeness (QED) is 0.865. The van der Waals surface area contributed by atoms with Crippen LogP contribution in [0.3, 0.4) is 0 Å². The van der Waals surface area contributed by atoms with Gasteiger partial charge in [-0.2, -0.15) is 0 Å². The van der Waals surface area contributed by atoms with E-state index < -0.39 is 0 Å². The van der Waals surface area contributed by atoms with Crippen molar-refractivity contribution in [3.05, 3.63) is 40.6 Å². The van der Waals surface area contributed by atoms with Crippen LogP contribution in [0.1, 0.15) is 18.6 Å². The predicted molar refractivity (Wildman–Crippen MR) is 81.5 cm³/mol. The van der Waals surface area contributed by atoms with Crippen LogP contribution in [0.5, 0.6) is 11.6 Å². The largest absolute Gasteiger partial charge is 0.486 e. The maximum atomic E-state index is 5.63. The summed E-state index contributed by atoms with van der Waals surface area (Å²) in [5.41, 5.74) is 0. The molecule has 0 bridgehead atoms. The summed E-state index contributed by atoms with van der Waals surface area (Å²) in [4.78, 5) is 0. The van der Waals surface area contributed by atoms with Crippen molar-refractivity contribution in [2.24, 2.45) is 0 Å². The van der Waals surface area contributed by atoms with E-state index in [-0.39, 0.29) is 0 Å². The van der Waals surface area contributed by atoms with Gasteiger partial charge in [0.1, 0.15) is 19.0 Å². The van der Waals surface area contributed by atoms with Crippen molar-refractivity contribution < 1.29 is 14.0 Å². The third kappa shape index (κ3) is 4.22. The summed E-state index contributed by atoms with van der Waals surface area (Å²) >= 11 is 3.40. The second-order valence-corrected chi connectivity index (χ2v) is 5.90. The number of rotatable bonds is 6. The maximum Gasteiger partial charge on any atom is 0.254 e. The molecule has 0 unspecified atom stereocenters. The fourth-order valence-corrected chi connectivity index (χ4v) is 2.60. The highest BCUT2D eigenvalue weighted by Crippen LogP contribution is 2.20. The molecule has 1 aliphatic heterocycles. The topological polar surface area (TPSA) is 56.5 Å². The van der Waals surface area contributed by atoms with Crippen LogP contribution in [0.2, 0.25) is 0 Å². The number of halogens is 1. The zero-order valence-corrected chi connectivity index (χ0v) is 13.1. The average molecular weight is 353 g/mol. The van der Waals surface area contributed by atoms with E-state index in [0.717, 1.165) is 23.2 Å². The molecule has 1 aromatic carbocycles. The molecule has 5 nitrogen and oxygen atoms in total. The molecule has 3 rings (SSSR count). The molecular weight excluding hydrogens is 336 g/mol. The highest BCUT2D eigenvalue weighted by molar-refractivity contribution is 9.10. The Morgan fingerprint density at radius 2 is 2.29 bits per heavy atom. The van der Waals surface area contributed by atoms with Crippen LogP contribution in [-0.2, 0) is 6.61 Å². The number of ether oxygens (including phenoxy) is 2. The molecule has 1 atom stereocenters. The molecule has 1 N–H and O–H groups in total. The normalized spacial score (nSPS) is 17.9. The van der Waals surface area contributed by atoms with Gasteiger partial charge in [-0.15, -0.1) is 0 Å².